The second kappa shape index (κ2) is 6.94. The Hall–Kier alpha value is -1.64. The summed E-state index contributed by atoms with van der Waals surface area (Å²) in [5.41, 5.74) is 7.21. The Labute approximate surface area is 110 Å². The number of benzene rings is 1. The van der Waals surface area contributed by atoms with Crippen LogP contribution in [0.4, 0.5) is 0 Å². The smallest absolute Gasteiger partial charge is 0.0432 e. The van der Waals surface area contributed by atoms with Crippen molar-refractivity contribution >= 4 is 5.57 Å². The molecule has 1 atom stereocenters. The third kappa shape index (κ3) is 3.42. The van der Waals surface area contributed by atoms with Crippen LogP contribution in [0.2, 0.25) is 0 Å². The lowest BCUT2D eigenvalue weighted by Crippen LogP contribution is -2.34. The maximum atomic E-state index is 5.47. The SMILES string of the molecule is C=C/C=C(\C(=C)C(C)NN)c1ccc(CC)cc1. The van der Waals surface area contributed by atoms with Crippen molar-refractivity contribution in [2.75, 3.05) is 0 Å². The predicted octanol–water partition coefficient (Wildman–Crippen LogP) is 3.23. The molecule has 0 saturated heterocycles. The van der Waals surface area contributed by atoms with Gasteiger partial charge in [-0.05, 0) is 35.6 Å². The summed E-state index contributed by atoms with van der Waals surface area (Å²) in [7, 11) is 0. The van der Waals surface area contributed by atoms with Gasteiger partial charge in [0.2, 0.25) is 0 Å². The molecule has 0 aromatic heterocycles. The average Bonchev–Trinajstić information content (AvgIpc) is 2.43. The molecule has 0 aliphatic carbocycles. The van der Waals surface area contributed by atoms with E-state index in [0.29, 0.717) is 0 Å². The van der Waals surface area contributed by atoms with E-state index in [1.54, 1.807) is 6.08 Å². The largest absolute Gasteiger partial charge is 0.271 e. The molecule has 2 nitrogen and oxygen atoms in total. The summed E-state index contributed by atoms with van der Waals surface area (Å²) in [5.74, 6) is 5.47. The molecule has 0 heterocycles. The molecule has 0 spiro atoms. The molecule has 18 heavy (non-hydrogen) atoms. The lowest BCUT2D eigenvalue weighted by Gasteiger charge is -2.17. The second-order valence-corrected chi connectivity index (χ2v) is 4.28. The number of hydrazine groups is 1. The highest BCUT2D eigenvalue weighted by molar-refractivity contribution is 5.80. The second-order valence-electron chi connectivity index (χ2n) is 4.28. The number of nitrogens with one attached hydrogen (secondary N) is 1. The van der Waals surface area contributed by atoms with Crippen molar-refractivity contribution in [1.82, 2.24) is 5.43 Å². The van der Waals surface area contributed by atoms with E-state index in [2.05, 4.69) is 49.8 Å². The molecule has 3 N–H and O–H groups in total. The number of nitrogens with two attached hydrogens (primary N) is 1. The van der Waals surface area contributed by atoms with Crippen molar-refractivity contribution in [3.05, 3.63) is 66.3 Å². The first-order valence-electron chi connectivity index (χ1n) is 6.21. The van der Waals surface area contributed by atoms with Crippen molar-refractivity contribution in [2.45, 2.75) is 26.3 Å². The number of rotatable bonds is 6. The minimum atomic E-state index is 0.0297. The van der Waals surface area contributed by atoms with E-state index < -0.39 is 0 Å². The minimum absolute atomic E-state index is 0.0297. The Morgan fingerprint density at radius 1 is 1.39 bits per heavy atom. The molecular formula is C16H22N2. The zero-order valence-electron chi connectivity index (χ0n) is 11.2. The quantitative estimate of drug-likeness (QED) is 0.456. The Morgan fingerprint density at radius 2 is 2.00 bits per heavy atom. The van der Waals surface area contributed by atoms with Gasteiger partial charge < -0.3 is 0 Å². The number of allylic oxidation sites excluding steroid dienone is 2. The minimum Gasteiger partial charge on any atom is -0.271 e. The van der Waals surface area contributed by atoms with Crippen LogP contribution in [0.5, 0.6) is 0 Å². The van der Waals surface area contributed by atoms with E-state index in [1.807, 2.05) is 13.0 Å². The topological polar surface area (TPSA) is 38.0 Å². The highest BCUT2D eigenvalue weighted by Gasteiger charge is 2.11. The summed E-state index contributed by atoms with van der Waals surface area (Å²) < 4.78 is 0. The fourth-order valence-electron chi connectivity index (χ4n) is 1.76. The summed E-state index contributed by atoms with van der Waals surface area (Å²) in [6.07, 6.45) is 4.79. The van der Waals surface area contributed by atoms with Crippen LogP contribution in [0, 0.1) is 0 Å². The van der Waals surface area contributed by atoms with Gasteiger partial charge in [0.05, 0.1) is 0 Å². The summed E-state index contributed by atoms with van der Waals surface area (Å²) in [5, 5.41) is 0. The monoisotopic (exact) mass is 242 g/mol. The van der Waals surface area contributed by atoms with Crippen LogP contribution in [0.3, 0.4) is 0 Å². The molecule has 0 saturated carbocycles. The lowest BCUT2D eigenvalue weighted by molar-refractivity contribution is 0.654. The van der Waals surface area contributed by atoms with Gasteiger partial charge in [-0.1, -0.05) is 56.5 Å². The summed E-state index contributed by atoms with van der Waals surface area (Å²) in [6.45, 7) is 12.0. The number of hydrogen-bond acceptors (Lipinski definition) is 2. The Balaban J connectivity index is 3.08. The van der Waals surface area contributed by atoms with Crippen LogP contribution in [-0.4, -0.2) is 6.04 Å². The third-order valence-electron chi connectivity index (χ3n) is 3.08. The van der Waals surface area contributed by atoms with E-state index >= 15 is 0 Å². The van der Waals surface area contributed by atoms with E-state index in [1.165, 1.54) is 5.56 Å². The lowest BCUT2D eigenvalue weighted by atomic mass is 9.93. The van der Waals surface area contributed by atoms with Gasteiger partial charge in [-0.25, -0.2) is 0 Å². The Kier molecular flexibility index (Phi) is 5.56. The standard InChI is InChI=1S/C16H22N2/c1-5-7-16(12(3)13(4)18-17)15-10-8-14(6-2)9-11-15/h5,7-11,13,18H,1,3,6,17H2,2,4H3/b16-7+. The average molecular weight is 242 g/mol. The van der Waals surface area contributed by atoms with E-state index in [4.69, 9.17) is 5.84 Å². The van der Waals surface area contributed by atoms with Gasteiger partial charge in [-0.3, -0.25) is 11.3 Å². The van der Waals surface area contributed by atoms with Crippen molar-refractivity contribution < 1.29 is 0 Å². The zero-order chi connectivity index (χ0) is 13.5. The molecule has 0 fully saturated rings. The molecule has 0 aliphatic heterocycles. The third-order valence-corrected chi connectivity index (χ3v) is 3.08. The van der Waals surface area contributed by atoms with Gasteiger partial charge in [0.25, 0.3) is 0 Å². The normalized spacial score (nSPS) is 13.2. The van der Waals surface area contributed by atoms with Crippen molar-refractivity contribution in [1.29, 1.82) is 0 Å². The molecule has 1 unspecified atom stereocenters. The first-order valence-corrected chi connectivity index (χ1v) is 6.21. The van der Waals surface area contributed by atoms with Gasteiger partial charge in [-0.2, -0.15) is 0 Å². The van der Waals surface area contributed by atoms with E-state index in [-0.39, 0.29) is 6.04 Å². The molecule has 0 radical (unpaired) electrons. The van der Waals surface area contributed by atoms with Crippen LogP contribution in [-0.2, 0) is 6.42 Å². The van der Waals surface area contributed by atoms with Crippen molar-refractivity contribution in [3.8, 4) is 0 Å². The maximum absolute atomic E-state index is 5.47. The summed E-state index contributed by atoms with van der Waals surface area (Å²) >= 11 is 0. The van der Waals surface area contributed by atoms with Crippen molar-refractivity contribution in [2.24, 2.45) is 5.84 Å². The maximum Gasteiger partial charge on any atom is 0.0432 e. The van der Waals surface area contributed by atoms with Crippen LogP contribution in [0.25, 0.3) is 5.57 Å². The molecule has 2 heteroatoms. The van der Waals surface area contributed by atoms with Gasteiger partial charge in [-0.15, -0.1) is 0 Å². The first kappa shape index (κ1) is 14.4. The molecule has 0 amide bonds. The molecule has 1 aromatic carbocycles. The first-order chi connectivity index (χ1) is 8.63. The highest BCUT2D eigenvalue weighted by atomic mass is 15.2. The fourth-order valence-corrected chi connectivity index (χ4v) is 1.76. The van der Waals surface area contributed by atoms with Crippen LogP contribution < -0.4 is 11.3 Å². The summed E-state index contributed by atoms with van der Waals surface area (Å²) in [6, 6.07) is 8.53. The number of hydrogen-bond donors (Lipinski definition) is 2. The molecule has 0 aliphatic rings. The van der Waals surface area contributed by atoms with Crippen LogP contribution in [0.15, 0.2) is 55.1 Å². The number of aryl methyl sites for hydroxylation is 1. The van der Waals surface area contributed by atoms with Gasteiger partial charge >= 0.3 is 0 Å². The molecule has 96 valence electrons. The Morgan fingerprint density at radius 3 is 2.44 bits per heavy atom. The van der Waals surface area contributed by atoms with Gasteiger partial charge in [0.15, 0.2) is 0 Å². The predicted molar refractivity (Wildman–Crippen MR) is 79.9 cm³/mol. The fraction of sp³-hybridized carbons (Fsp3) is 0.250. The van der Waals surface area contributed by atoms with Gasteiger partial charge in [0, 0.05) is 6.04 Å². The van der Waals surface area contributed by atoms with Crippen LogP contribution >= 0.6 is 0 Å². The molecular weight excluding hydrogens is 220 g/mol. The highest BCUT2D eigenvalue weighted by Crippen LogP contribution is 2.24. The zero-order valence-corrected chi connectivity index (χ0v) is 11.2. The summed E-state index contributed by atoms with van der Waals surface area (Å²) in [4.78, 5) is 0. The molecule has 0 bridgehead atoms. The Bertz CT molecular complexity index is 441. The van der Waals surface area contributed by atoms with E-state index in [9.17, 15) is 0 Å². The van der Waals surface area contributed by atoms with Crippen molar-refractivity contribution in [3.63, 3.8) is 0 Å². The molecule has 1 rings (SSSR count). The van der Waals surface area contributed by atoms with Crippen LogP contribution in [0.1, 0.15) is 25.0 Å². The van der Waals surface area contributed by atoms with Gasteiger partial charge in [0.1, 0.15) is 0 Å². The van der Waals surface area contributed by atoms with E-state index in [0.717, 1.165) is 23.1 Å². The molecule has 1 aromatic rings.